The summed E-state index contributed by atoms with van der Waals surface area (Å²) in [4.78, 5) is 0. The Bertz CT molecular complexity index is 245. The van der Waals surface area contributed by atoms with E-state index in [-0.39, 0.29) is 5.75 Å². The number of halogens is 1. The molecule has 1 aromatic rings. The van der Waals surface area contributed by atoms with Crippen LogP contribution in [0.3, 0.4) is 0 Å². The lowest BCUT2D eigenvalue weighted by atomic mass is 10.1. The minimum Gasteiger partial charge on any atom is -0.506 e. The van der Waals surface area contributed by atoms with Gasteiger partial charge in [0.15, 0.2) is 0 Å². The first-order chi connectivity index (χ1) is 5.24. The van der Waals surface area contributed by atoms with E-state index in [0.29, 0.717) is 5.02 Å². The summed E-state index contributed by atoms with van der Waals surface area (Å²) in [7, 11) is 0. The molecule has 0 aliphatic carbocycles. The van der Waals surface area contributed by atoms with Crippen molar-refractivity contribution >= 4 is 11.6 Å². The fraction of sp³-hybridized carbons (Fsp3) is 0.222. The van der Waals surface area contributed by atoms with Crippen LogP contribution in [0, 0.1) is 6.92 Å². The molecular weight excluding hydrogens is 160 g/mol. The lowest BCUT2D eigenvalue weighted by Crippen LogP contribution is -1.81. The van der Waals surface area contributed by atoms with Crippen molar-refractivity contribution in [1.29, 1.82) is 0 Å². The van der Waals surface area contributed by atoms with Gasteiger partial charge in [0.2, 0.25) is 0 Å². The molecular formula is C9H10ClO. The van der Waals surface area contributed by atoms with Crippen LogP contribution in [0.2, 0.25) is 5.02 Å². The van der Waals surface area contributed by atoms with Crippen molar-refractivity contribution in [2.24, 2.45) is 0 Å². The largest absolute Gasteiger partial charge is 0.506 e. The molecule has 2 heteroatoms. The summed E-state index contributed by atoms with van der Waals surface area (Å²) in [5.74, 6) is 0.138. The normalized spacial score (nSPS) is 10.0. The van der Waals surface area contributed by atoms with Gasteiger partial charge in [-0.05, 0) is 30.5 Å². The Morgan fingerprint density at radius 1 is 1.45 bits per heavy atom. The highest BCUT2D eigenvalue weighted by Crippen LogP contribution is 2.23. The van der Waals surface area contributed by atoms with Crippen molar-refractivity contribution in [2.75, 3.05) is 0 Å². The van der Waals surface area contributed by atoms with Gasteiger partial charge in [0.1, 0.15) is 5.75 Å². The lowest BCUT2D eigenvalue weighted by Gasteiger charge is -2.00. The molecule has 0 saturated carbocycles. The molecule has 0 fully saturated rings. The quantitative estimate of drug-likeness (QED) is 0.722. The van der Waals surface area contributed by atoms with E-state index >= 15 is 0 Å². The van der Waals surface area contributed by atoms with Gasteiger partial charge in [-0.2, -0.15) is 0 Å². The van der Waals surface area contributed by atoms with Crippen molar-refractivity contribution in [3.63, 3.8) is 0 Å². The summed E-state index contributed by atoms with van der Waals surface area (Å²) in [6.07, 6.45) is 1.75. The van der Waals surface area contributed by atoms with Gasteiger partial charge in [-0.3, -0.25) is 0 Å². The number of benzene rings is 1. The number of hydrogen-bond acceptors (Lipinski definition) is 1. The lowest BCUT2D eigenvalue weighted by molar-refractivity contribution is 0.475. The fourth-order valence-corrected chi connectivity index (χ4v) is 1.11. The van der Waals surface area contributed by atoms with Crippen LogP contribution >= 0.6 is 11.6 Å². The molecule has 1 nitrogen and oxygen atoms in total. The van der Waals surface area contributed by atoms with Gasteiger partial charge in [0, 0.05) is 0 Å². The predicted octanol–water partition coefficient (Wildman–Crippen LogP) is 2.81. The van der Waals surface area contributed by atoms with Gasteiger partial charge in [-0.15, -0.1) is 0 Å². The van der Waals surface area contributed by atoms with E-state index in [4.69, 9.17) is 16.7 Å². The zero-order valence-corrected chi connectivity index (χ0v) is 6.93. The molecule has 0 aliphatic heterocycles. The van der Waals surface area contributed by atoms with Crippen LogP contribution in [0.4, 0.5) is 0 Å². The third-order valence-corrected chi connectivity index (χ3v) is 1.78. The van der Waals surface area contributed by atoms with Crippen molar-refractivity contribution < 1.29 is 5.11 Å². The zero-order valence-electron chi connectivity index (χ0n) is 6.18. The minimum absolute atomic E-state index is 0.138. The molecule has 1 aromatic carbocycles. The molecule has 59 valence electrons. The van der Waals surface area contributed by atoms with Crippen molar-refractivity contribution in [3.8, 4) is 5.75 Å². The summed E-state index contributed by atoms with van der Waals surface area (Å²) in [5, 5.41) is 9.48. The van der Waals surface area contributed by atoms with Crippen molar-refractivity contribution in [2.45, 2.75) is 12.8 Å². The summed E-state index contributed by atoms with van der Waals surface area (Å²) in [6.45, 7) is 3.73. The summed E-state index contributed by atoms with van der Waals surface area (Å²) < 4.78 is 0. The predicted molar refractivity (Wildman–Crippen MR) is 46.8 cm³/mol. The Balaban J connectivity index is 2.86. The maximum Gasteiger partial charge on any atom is 0.134 e. The van der Waals surface area contributed by atoms with Crippen LogP contribution in [0.25, 0.3) is 0 Å². The van der Waals surface area contributed by atoms with Gasteiger partial charge in [-0.25, -0.2) is 0 Å². The second-order valence-corrected chi connectivity index (χ2v) is 2.80. The number of phenolic OH excluding ortho intramolecular Hbond substituents is 1. The van der Waals surface area contributed by atoms with Crippen LogP contribution in [-0.2, 0) is 6.42 Å². The van der Waals surface area contributed by atoms with E-state index in [1.165, 1.54) is 0 Å². The van der Waals surface area contributed by atoms with E-state index in [1.54, 1.807) is 12.1 Å². The molecule has 0 atom stereocenters. The summed E-state index contributed by atoms with van der Waals surface area (Å²) in [6, 6.07) is 5.22. The highest BCUT2D eigenvalue weighted by Gasteiger charge is 1.97. The third kappa shape index (κ3) is 2.12. The van der Waals surface area contributed by atoms with Crippen LogP contribution in [0.15, 0.2) is 18.2 Å². The molecule has 11 heavy (non-hydrogen) atoms. The molecule has 1 N–H and O–H groups in total. The maximum atomic E-state index is 9.06. The Morgan fingerprint density at radius 3 is 2.73 bits per heavy atom. The number of phenols is 1. The standard InChI is InChI=1S/C9H10ClO/c1-2-3-7-4-5-9(11)8(10)6-7/h4-6,11H,1-3H2. The third-order valence-electron chi connectivity index (χ3n) is 1.48. The fourth-order valence-electron chi connectivity index (χ4n) is 0.910. The van der Waals surface area contributed by atoms with Gasteiger partial charge in [0.25, 0.3) is 0 Å². The van der Waals surface area contributed by atoms with E-state index in [9.17, 15) is 0 Å². The van der Waals surface area contributed by atoms with Crippen LogP contribution < -0.4 is 0 Å². The zero-order chi connectivity index (χ0) is 8.27. The Hall–Kier alpha value is -0.690. The van der Waals surface area contributed by atoms with E-state index < -0.39 is 0 Å². The average Bonchev–Trinajstić information content (AvgIpc) is 1.98. The Kier molecular flexibility index (Phi) is 2.77. The average molecular weight is 170 g/mol. The topological polar surface area (TPSA) is 20.2 Å². The first kappa shape index (κ1) is 8.41. The second-order valence-electron chi connectivity index (χ2n) is 2.39. The number of aromatic hydroxyl groups is 1. The van der Waals surface area contributed by atoms with Gasteiger partial charge in [0.05, 0.1) is 5.02 Å². The number of hydrogen-bond donors (Lipinski definition) is 1. The van der Waals surface area contributed by atoms with Crippen molar-refractivity contribution in [3.05, 3.63) is 35.7 Å². The molecule has 0 unspecified atom stereocenters. The van der Waals surface area contributed by atoms with Gasteiger partial charge in [-0.1, -0.05) is 24.6 Å². The molecule has 1 rings (SSSR count). The monoisotopic (exact) mass is 169 g/mol. The second kappa shape index (κ2) is 3.63. The van der Waals surface area contributed by atoms with E-state index in [2.05, 4.69) is 6.92 Å². The van der Waals surface area contributed by atoms with Crippen LogP contribution in [-0.4, -0.2) is 5.11 Å². The van der Waals surface area contributed by atoms with Crippen LogP contribution in [0.1, 0.15) is 12.0 Å². The summed E-state index contributed by atoms with van der Waals surface area (Å²) >= 11 is 5.68. The number of rotatable bonds is 2. The smallest absolute Gasteiger partial charge is 0.134 e. The molecule has 0 saturated heterocycles. The van der Waals surface area contributed by atoms with Crippen molar-refractivity contribution in [1.82, 2.24) is 0 Å². The van der Waals surface area contributed by atoms with Gasteiger partial charge < -0.3 is 5.11 Å². The first-order valence-corrected chi connectivity index (χ1v) is 3.88. The summed E-state index contributed by atoms with van der Waals surface area (Å²) in [5.41, 5.74) is 1.11. The number of aryl methyl sites for hydroxylation is 1. The van der Waals surface area contributed by atoms with Gasteiger partial charge >= 0.3 is 0 Å². The molecule has 0 amide bonds. The minimum atomic E-state index is 0.138. The molecule has 1 radical (unpaired) electrons. The molecule has 0 bridgehead atoms. The highest BCUT2D eigenvalue weighted by atomic mass is 35.5. The highest BCUT2D eigenvalue weighted by molar-refractivity contribution is 6.32. The Labute approximate surface area is 71.6 Å². The molecule has 0 aromatic heterocycles. The maximum absolute atomic E-state index is 9.06. The first-order valence-electron chi connectivity index (χ1n) is 3.50. The molecule has 0 heterocycles. The molecule has 0 aliphatic rings. The Morgan fingerprint density at radius 2 is 2.18 bits per heavy atom. The SMILES string of the molecule is [CH2]CCc1ccc(O)c(Cl)c1. The molecule has 0 spiro atoms. The van der Waals surface area contributed by atoms with E-state index in [0.717, 1.165) is 18.4 Å². The van der Waals surface area contributed by atoms with E-state index in [1.807, 2.05) is 6.07 Å². The van der Waals surface area contributed by atoms with Crippen LogP contribution in [0.5, 0.6) is 5.75 Å².